The van der Waals surface area contributed by atoms with Crippen LogP contribution in [0.3, 0.4) is 0 Å². The van der Waals surface area contributed by atoms with Gasteiger partial charge in [-0.15, -0.1) is 0 Å². The number of carbonyl (C=O) groups excluding carboxylic acids is 2. The molecule has 2 aliphatic rings. The van der Waals surface area contributed by atoms with E-state index in [1.165, 1.54) is 5.56 Å². The van der Waals surface area contributed by atoms with Crippen molar-refractivity contribution in [2.75, 3.05) is 13.1 Å². The van der Waals surface area contributed by atoms with Crippen LogP contribution in [0, 0.1) is 0 Å². The van der Waals surface area contributed by atoms with Crippen LogP contribution in [0.25, 0.3) is 0 Å². The van der Waals surface area contributed by atoms with Gasteiger partial charge in [0, 0.05) is 37.3 Å². The Bertz CT molecular complexity index is 972. The van der Waals surface area contributed by atoms with Gasteiger partial charge in [0.1, 0.15) is 5.60 Å². The third kappa shape index (κ3) is 5.45. The van der Waals surface area contributed by atoms with Crippen LogP contribution in [0.5, 0.6) is 0 Å². The summed E-state index contributed by atoms with van der Waals surface area (Å²) in [5, 5.41) is 10.4. The minimum absolute atomic E-state index is 0.239. The van der Waals surface area contributed by atoms with Crippen molar-refractivity contribution >= 4 is 11.8 Å². The maximum Gasteiger partial charge on any atom is 0.254 e. The average Bonchev–Trinajstić information content (AvgIpc) is 3.02. The molecule has 0 aromatic heterocycles. The Morgan fingerprint density at radius 2 is 1.73 bits per heavy atom. The molecule has 2 unspecified atom stereocenters. The number of nitrogens with zero attached hydrogens (tertiary/aromatic N) is 2. The van der Waals surface area contributed by atoms with Crippen LogP contribution in [0.4, 0.5) is 0 Å². The van der Waals surface area contributed by atoms with E-state index in [-0.39, 0.29) is 11.8 Å². The van der Waals surface area contributed by atoms with Crippen molar-refractivity contribution in [1.82, 2.24) is 9.80 Å². The van der Waals surface area contributed by atoms with Crippen LogP contribution < -0.4 is 5.73 Å². The van der Waals surface area contributed by atoms with Crippen molar-refractivity contribution < 1.29 is 14.7 Å². The van der Waals surface area contributed by atoms with Crippen LogP contribution in [-0.4, -0.2) is 57.5 Å². The molecule has 2 heterocycles. The number of primary amides is 1. The Morgan fingerprint density at radius 1 is 1.06 bits per heavy atom. The van der Waals surface area contributed by atoms with E-state index in [2.05, 4.69) is 11.0 Å². The number of amides is 2. The zero-order valence-electron chi connectivity index (χ0n) is 19.6. The molecule has 2 aromatic rings. The zero-order valence-corrected chi connectivity index (χ0v) is 19.6. The Morgan fingerprint density at radius 3 is 2.33 bits per heavy atom. The first-order chi connectivity index (χ1) is 15.7. The standard InChI is InChI=1S/C27H35N3O3/c1-27(2,33)26(32)29(18-19-7-4-3-5-8-19)13-14-30-23-11-12-24(30)17-22(16-23)20-9-6-10-21(15-20)25(28)31/h3-10,15,22-24,33H,11-14,16-18H2,1-2H3,(H2,28,31). The number of piperidine rings is 1. The fourth-order valence-electron chi connectivity index (χ4n) is 5.54. The van der Waals surface area contributed by atoms with E-state index in [1.54, 1.807) is 24.8 Å². The lowest BCUT2D eigenvalue weighted by Gasteiger charge is -2.40. The molecule has 0 saturated carbocycles. The molecule has 2 aromatic carbocycles. The highest BCUT2D eigenvalue weighted by Crippen LogP contribution is 2.43. The van der Waals surface area contributed by atoms with Gasteiger partial charge >= 0.3 is 0 Å². The molecule has 4 rings (SSSR count). The van der Waals surface area contributed by atoms with Gasteiger partial charge in [0.15, 0.2) is 0 Å². The van der Waals surface area contributed by atoms with Gasteiger partial charge in [-0.1, -0.05) is 42.5 Å². The summed E-state index contributed by atoms with van der Waals surface area (Å²) in [4.78, 5) is 28.9. The summed E-state index contributed by atoms with van der Waals surface area (Å²) in [7, 11) is 0. The molecule has 2 bridgehead atoms. The molecule has 0 radical (unpaired) electrons. The van der Waals surface area contributed by atoms with Crippen LogP contribution in [0.2, 0.25) is 0 Å². The number of hydrogen-bond acceptors (Lipinski definition) is 4. The highest BCUT2D eigenvalue weighted by atomic mass is 16.3. The zero-order chi connectivity index (χ0) is 23.6. The summed E-state index contributed by atoms with van der Waals surface area (Å²) in [6, 6.07) is 18.6. The van der Waals surface area contributed by atoms with E-state index >= 15 is 0 Å². The summed E-state index contributed by atoms with van der Waals surface area (Å²) < 4.78 is 0. The van der Waals surface area contributed by atoms with Crippen LogP contribution in [0.1, 0.15) is 66.9 Å². The van der Waals surface area contributed by atoms with Gasteiger partial charge in [0.2, 0.25) is 5.91 Å². The average molecular weight is 450 g/mol. The summed E-state index contributed by atoms with van der Waals surface area (Å²) in [6.45, 7) is 5.01. The van der Waals surface area contributed by atoms with Gasteiger partial charge in [-0.05, 0) is 68.7 Å². The lowest BCUT2D eigenvalue weighted by Crippen LogP contribution is -2.50. The molecule has 2 aliphatic heterocycles. The van der Waals surface area contributed by atoms with Crippen molar-refractivity contribution in [3.05, 3.63) is 71.3 Å². The molecule has 2 atom stereocenters. The molecule has 2 amide bonds. The number of benzene rings is 2. The lowest BCUT2D eigenvalue weighted by atomic mass is 9.84. The molecule has 2 saturated heterocycles. The summed E-state index contributed by atoms with van der Waals surface area (Å²) in [5.41, 5.74) is 6.92. The van der Waals surface area contributed by atoms with Gasteiger partial charge in [0.25, 0.3) is 5.91 Å². The van der Waals surface area contributed by atoms with E-state index in [9.17, 15) is 14.7 Å². The minimum Gasteiger partial charge on any atom is -0.381 e. The number of fused-ring (bicyclic) bond motifs is 2. The monoisotopic (exact) mass is 449 g/mol. The summed E-state index contributed by atoms with van der Waals surface area (Å²) in [6.07, 6.45) is 4.43. The van der Waals surface area contributed by atoms with E-state index in [1.807, 2.05) is 42.5 Å². The fourth-order valence-corrected chi connectivity index (χ4v) is 5.54. The molecular weight excluding hydrogens is 414 g/mol. The highest BCUT2D eigenvalue weighted by molar-refractivity contribution is 5.92. The molecule has 3 N–H and O–H groups in total. The molecule has 6 nitrogen and oxygen atoms in total. The van der Waals surface area contributed by atoms with E-state index in [0.29, 0.717) is 36.7 Å². The Kier molecular flexibility index (Phi) is 6.86. The molecule has 0 spiro atoms. The molecule has 176 valence electrons. The van der Waals surface area contributed by atoms with E-state index < -0.39 is 5.60 Å². The van der Waals surface area contributed by atoms with Gasteiger partial charge in [-0.2, -0.15) is 0 Å². The van der Waals surface area contributed by atoms with Crippen LogP contribution in [0.15, 0.2) is 54.6 Å². The Hall–Kier alpha value is -2.70. The van der Waals surface area contributed by atoms with Gasteiger partial charge < -0.3 is 15.7 Å². The number of aliphatic hydroxyl groups is 1. The molecule has 33 heavy (non-hydrogen) atoms. The number of rotatable bonds is 8. The Balaban J connectivity index is 1.43. The van der Waals surface area contributed by atoms with Crippen LogP contribution in [-0.2, 0) is 11.3 Å². The third-order valence-corrected chi connectivity index (χ3v) is 7.18. The fraction of sp³-hybridized carbons (Fsp3) is 0.481. The smallest absolute Gasteiger partial charge is 0.254 e. The number of hydrogen-bond donors (Lipinski definition) is 2. The SMILES string of the molecule is CC(C)(O)C(=O)N(CCN1C2CCC1CC(c1cccc(C(N)=O)c1)C2)Cc1ccccc1. The van der Waals surface area contributed by atoms with E-state index in [4.69, 9.17) is 5.73 Å². The normalized spacial score (nSPS) is 22.8. The summed E-state index contributed by atoms with van der Waals surface area (Å²) in [5.74, 6) is -0.194. The van der Waals surface area contributed by atoms with Crippen molar-refractivity contribution in [1.29, 1.82) is 0 Å². The van der Waals surface area contributed by atoms with Crippen molar-refractivity contribution in [2.45, 2.75) is 69.7 Å². The molecular formula is C27H35N3O3. The summed E-state index contributed by atoms with van der Waals surface area (Å²) >= 11 is 0. The molecule has 0 aliphatic carbocycles. The first kappa shape index (κ1) is 23.5. The van der Waals surface area contributed by atoms with Gasteiger partial charge in [-0.3, -0.25) is 14.5 Å². The third-order valence-electron chi connectivity index (χ3n) is 7.18. The predicted octanol–water partition coefficient (Wildman–Crippen LogP) is 3.30. The second-order valence-electron chi connectivity index (χ2n) is 10.1. The highest BCUT2D eigenvalue weighted by Gasteiger charge is 2.41. The number of carbonyl (C=O) groups is 2. The molecule has 2 fully saturated rings. The van der Waals surface area contributed by atoms with Crippen molar-refractivity contribution in [2.24, 2.45) is 5.73 Å². The first-order valence-corrected chi connectivity index (χ1v) is 11.9. The minimum atomic E-state index is -1.40. The lowest BCUT2D eigenvalue weighted by molar-refractivity contribution is -0.149. The van der Waals surface area contributed by atoms with Crippen molar-refractivity contribution in [3.63, 3.8) is 0 Å². The number of nitrogens with two attached hydrogens (primary N) is 1. The van der Waals surface area contributed by atoms with Gasteiger partial charge in [0.05, 0.1) is 0 Å². The van der Waals surface area contributed by atoms with E-state index in [0.717, 1.165) is 37.8 Å². The topological polar surface area (TPSA) is 86.9 Å². The molecule has 6 heteroatoms. The maximum absolute atomic E-state index is 13.0. The maximum atomic E-state index is 13.0. The predicted molar refractivity (Wildman–Crippen MR) is 129 cm³/mol. The first-order valence-electron chi connectivity index (χ1n) is 11.9. The second kappa shape index (κ2) is 9.65. The van der Waals surface area contributed by atoms with Crippen LogP contribution >= 0.6 is 0 Å². The quantitative estimate of drug-likeness (QED) is 0.647. The van der Waals surface area contributed by atoms with Gasteiger partial charge in [-0.25, -0.2) is 0 Å². The largest absolute Gasteiger partial charge is 0.381 e. The Labute approximate surface area is 196 Å². The van der Waals surface area contributed by atoms with Crippen molar-refractivity contribution in [3.8, 4) is 0 Å². The second-order valence-corrected chi connectivity index (χ2v) is 10.1.